The van der Waals surface area contributed by atoms with Crippen molar-refractivity contribution in [1.82, 2.24) is 10.2 Å². The third-order valence-corrected chi connectivity index (χ3v) is 6.98. The molecule has 2 rings (SSSR count). The minimum absolute atomic E-state index is 0.216. The van der Waals surface area contributed by atoms with Crippen molar-refractivity contribution in [3.8, 4) is 0 Å². The topological polar surface area (TPSA) is 86.8 Å². The van der Waals surface area contributed by atoms with E-state index in [0.717, 1.165) is 39.2 Å². The van der Waals surface area contributed by atoms with E-state index in [1.54, 1.807) is 6.07 Å². The van der Waals surface area contributed by atoms with Crippen LogP contribution in [0.4, 0.5) is 5.69 Å². The summed E-state index contributed by atoms with van der Waals surface area (Å²) in [5.41, 5.74) is 4.02. The van der Waals surface area contributed by atoms with Gasteiger partial charge in [-0.05, 0) is 61.9 Å². The van der Waals surface area contributed by atoms with E-state index in [2.05, 4.69) is 5.32 Å². The van der Waals surface area contributed by atoms with Gasteiger partial charge in [-0.2, -0.15) is 0 Å². The van der Waals surface area contributed by atoms with Gasteiger partial charge >= 0.3 is 0 Å². The highest BCUT2D eigenvalue weighted by atomic mass is 32.2. The van der Waals surface area contributed by atoms with E-state index in [9.17, 15) is 18.0 Å². The number of sulfonamides is 1. The second-order valence-electron chi connectivity index (χ2n) is 8.72. The Labute approximate surface area is 204 Å². The van der Waals surface area contributed by atoms with Crippen LogP contribution in [0.5, 0.6) is 0 Å². The fraction of sp³-hybridized carbons (Fsp3) is 0.462. The van der Waals surface area contributed by atoms with Gasteiger partial charge in [0, 0.05) is 13.1 Å². The van der Waals surface area contributed by atoms with E-state index in [1.165, 1.54) is 4.90 Å². The molecule has 0 bridgehead atoms. The number of carbonyl (C=O) groups is 2. The Morgan fingerprint density at radius 2 is 1.68 bits per heavy atom. The molecule has 7 nitrogen and oxygen atoms in total. The number of amides is 2. The first-order valence-electron chi connectivity index (χ1n) is 11.7. The van der Waals surface area contributed by atoms with Crippen molar-refractivity contribution in [3.63, 3.8) is 0 Å². The number of hydrogen-bond donors (Lipinski definition) is 1. The van der Waals surface area contributed by atoms with Gasteiger partial charge in [0.1, 0.15) is 12.6 Å². The Morgan fingerprint density at radius 1 is 1.00 bits per heavy atom. The molecule has 2 aromatic carbocycles. The molecular formula is C26H37N3O4S. The number of hydrogen-bond acceptors (Lipinski definition) is 4. The largest absolute Gasteiger partial charge is 0.354 e. The van der Waals surface area contributed by atoms with Crippen LogP contribution >= 0.6 is 0 Å². The molecule has 0 aliphatic heterocycles. The number of benzene rings is 2. The smallest absolute Gasteiger partial charge is 0.244 e. The average molecular weight is 488 g/mol. The molecule has 0 fully saturated rings. The molecule has 0 radical (unpaired) electrons. The summed E-state index contributed by atoms with van der Waals surface area (Å²) in [7, 11) is -3.75. The molecule has 0 spiro atoms. The van der Waals surface area contributed by atoms with Gasteiger partial charge in [0.15, 0.2) is 0 Å². The fourth-order valence-corrected chi connectivity index (χ4v) is 4.74. The van der Waals surface area contributed by atoms with Gasteiger partial charge in [-0.25, -0.2) is 8.42 Å². The maximum Gasteiger partial charge on any atom is 0.244 e. The molecule has 2 aromatic rings. The lowest BCUT2D eigenvalue weighted by molar-refractivity contribution is -0.140. The van der Waals surface area contributed by atoms with E-state index >= 15 is 0 Å². The molecule has 0 unspecified atom stereocenters. The van der Waals surface area contributed by atoms with Gasteiger partial charge in [0.2, 0.25) is 21.8 Å². The number of nitrogens with one attached hydrogen (secondary N) is 1. The van der Waals surface area contributed by atoms with Gasteiger partial charge < -0.3 is 10.2 Å². The Bertz CT molecular complexity index is 1110. The molecule has 0 heterocycles. The van der Waals surface area contributed by atoms with Crippen molar-refractivity contribution in [2.75, 3.05) is 23.7 Å². The van der Waals surface area contributed by atoms with Crippen LogP contribution in [0.15, 0.2) is 42.5 Å². The fourth-order valence-electron chi connectivity index (χ4n) is 3.84. The molecule has 0 aliphatic carbocycles. The SMILES string of the molecule is CCCNC(=O)[C@H](CC)N(Cc1ccccc1C)C(=O)CN(c1cc(C)ccc1C)S(C)(=O)=O. The minimum atomic E-state index is -3.75. The average Bonchev–Trinajstić information content (AvgIpc) is 2.78. The predicted octanol–water partition coefficient (Wildman–Crippen LogP) is 3.71. The Morgan fingerprint density at radius 3 is 2.26 bits per heavy atom. The summed E-state index contributed by atoms with van der Waals surface area (Å²) >= 11 is 0. The molecular weight excluding hydrogens is 450 g/mol. The highest BCUT2D eigenvalue weighted by Gasteiger charge is 2.32. The van der Waals surface area contributed by atoms with E-state index in [1.807, 2.05) is 71.0 Å². The number of rotatable bonds is 11. The summed E-state index contributed by atoms with van der Waals surface area (Å²) in [4.78, 5) is 28.2. The molecule has 0 aromatic heterocycles. The first-order chi connectivity index (χ1) is 16.0. The maximum absolute atomic E-state index is 13.7. The zero-order chi connectivity index (χ0) is 25.5. The van der Waals surface area contributed by atoms with E-state index in [4.69, 9.17) is 0 Å². The number of aryl methyl sites for hydroxylation is 3. The van der Waals surface area contributed by atoms with Crippen molar-refractivity contribution in [1.29, 1.82) is 0 Å². The van der Waals surface area contributed by atoms with Crippen LogP contribution in [-0.2, 0) is 26.2 Å². The lowest BCUT2D eigenvalue weighted by atomic mass is 10.1. The molecule has 1 atom stereocenters. The van der Waals surface area contributed by atoms with Crippen molar-refractivity contribution in [2.24, 2.45) is 0 Å². The van der Waals surface area contributed by atoms with Crippen molar-refractivity contribution >= 4 is 27.5 Å². The molecule has 0 aliphatic rings. The number of anilines is 1. The van der Waals surface area contributed by atoms with Gasteiger partial charge in [-0.3, -0.25) is 13.9 Å². The standard InChI is InChI=1S/C26H37N3O4S/c1-7-15-27-26(31)23(8-2)28(17-22-12-10-9-11-20(22)4)25(30)18-29(34(6,32)33)24-16-19(3)13-14-21(24)5/h9-14,16,23H,7-8,15,17-18H2,1-6H3,(H,27,31)/t23-/m0/s1. The van der Waals surface area contributed by atoms with Gasteiger partial charge in [0.05, 0.1) is 11.9 Å². The van der Waals surface area contributed by atoms with Crippen molar-refractivity contribution in [2.45, 2.75) is 60.0 Å². The third kappa shape index (κ3) is 7.06. The first-order valence-corrected chi connectivity index (χ1v) is 13.5. The number of carbonyl (C=O) groups excluding carboxylic acids is 2. The van der Waals surface area contributed by atoms with Gasteiger partial charge in [-0.15, -0.1) is 0 Å². The van der Waals surface area contributed by atoms with Crippen LogP contribution in [0.1, 0.15) is 48.9 Å². The Hall–Kier alpha value is -2.87. The summed E-state index contributed by atoms with van der Waals surface area (Å²) in [6, 6.07) is 12.5. The Kier molecular flexibility index (Phi) is 9.67. The molecule has 34 heavy (non-hydrogen) atoms. The van der Waals surface area contributed by atoms with Crippen LogP contribution in [0.25, 0.3) is 0 Å². The predicted molar refractivity (Wildman–Crippen MR) is 137 cm³/mol. The summed E-state index contributed by atoms with van der Waals surface area (Å²) in [6.45, 7) is 9.81. The maximum atomic E-state index is 13.7. The molecule has 0 saturated heterocycles. The molecule has 1 N–H and O–H groups in total. The van der Waals surface area contributed by atoms with Crippen LogP contribution in [-0.4, -0.2) is 50.5 Å². The molecule has 0 saturated carbocycles. The second kappa shape index (κ2) is 12.0. The number of nitrogens with zero attached hydrogens (tertiary/aromatic N) is 2. The van der Waals surface area contributed by atoms with Crippen LogP contribution in [0.2, 0.25) is 0 Å². The third-order valence-electron chi connectivity index (χ3n) is 5.85. The van der Waals surface area contributed by atoms with E-state index < -0.39 is 22.0 Å². The minimum Gasteiger partial charge on any atom is -0.354 e. The summed E-state index contributed by atoms with van der Waals surface area (Å²) in [5, 5.41) is 2.89. The van der Waals surface area contributed by atoms with Crippen LogP contribution in [0.3, 0.4) is 0 Å². The van der Waals surface area contributed by atoms with Crippen molar-refractivity contribution < 1.29 is 18.0 Å². The zero-order valence-electron chi connectivity index (χ0n) is 21.1. The van der Waals surface area contributed by atoms with E-state index in [0.29, 0.717) is 18.7 Å². The zero-order valence-corrected chi connectivity index (χ0v) is 21.9. The molecule has 2 amide bonds. The quantitative estimate of drug-likeness (QED) is 0.523. The van der Waals surface area contributed by atoms with E-state index in [-0.39, 0.29) is 19.0 Å². The summed E-state index contributed by atoms with van der Waals surface area (Å²) in [5.74, 6) is -0.656. The summed E-state index contributed by atoms with van der Waals surface area (Å²) < 4.78 is 26.7. The monoisotopic (exact) mass is 487 g/mol. The Balaban J connectivity index is 2.48. The summed E-state index contributed by atoms with van der Waals surface area (Å²) in [6.07, 6.45) is 2.29. The highest BCUT2D eigenvalue weighted by molar-refractivity contribution is 7.92. The first kappa shape index (κ1) is 27.4. The lowest BCUT2D eigenvalue weighted by Gasteiger charge is -2.33. The van der Waals surface area contributed by atoms with Gasteiger partial charge in [0.25, 0.3) is 0 Å². The van der Waals surface area contributed by atoms with Crippen molar-refractivity contribution in [3.05, 3.63) is 64.7 Å². The van der Waals surface area contributed by atoms with Gasteiger partial charge in [-0.1, -0.05) is 50.2 Å². The highest BCUT2D eigenvalue weighted by Crippen LogP contribution is 2.25. The normalized spacial score (nSPS) is 12.2. The second-order valence-corrected chi connectivity index (χ2v) is 10.6. The van der Waals surface area contributed by atoms with Crippen LogP contribution in [0, 0.1) is 20.8 Å². The molecule has 186 valence electrons. The lowest BCUT2D eigenvalue weighted by Crippen LogP contribution is -2.52. The molecule has 8 heteroatoms. The van der Waals surface area contributed by atoms with Crippen LogP contribution < -0.4 is 9.62 Å².